The van der Waals surface area contributed by atoms with Crippen LogP contribution in [0, 0.1) is 0 Å². The number of benzene rings is 2. The highest BCUT2D eigenvalue weighted by atomic mass is 32.2. The Morgan fingerprint density at radius 3 is 1.57 bits per heavy atom. The van der Waals surface area contributed by atoms with Crippen LogP contribution in [-0.4, -0.2) is 38.9 Å². The lowest BCUT2D eigenvalue weighted by Gasteiger charge is -2.20. The number of fused-ring (bicyclic) bond motifs is 1. The Balaban J connectivity index is 3.64. The predicted molar refractivity (Wildman–Crippen MR) is 103 cm³/mol. The number of hydrogen-bond donors (Lipinski definition) is 3. The Labute approximate surface area is 162 Å². The van der Waals surface area contributed by atoms with Crippen LogP contribution in [0.5, 0.6) is 0 Å². The van der Waals surface area contributed by atoms with E-state index in [1.54, 1.807) is 0 Å². The molecule has 0 saturated carbocycles. The third-order valence-electron chi connectivity index (χ3n) is 3.86. The summed E-state index contributed by atoms with van der Waals surface area (Å²) < 4.78 is 101. The lowest BCUT2D eigenvalue weighted by Crippen LogP contribution is -2.17. The van der Waals surface area contributed by atoms with E-state index < -0.39 is 56.0 Å². The molecule has 12 heteroatoms. The van der Waals surface area contributed by atoms with Gasteiger partial charge in [0, 0.05) is 10.9 Å². The molecule has 0 aromatic heterocycles. The van der Waals surface area contributed by atoms with Gasteiger partial charge in [0.2, 0.25) is 0 Å². The highest BCUT2D eigenvalue weighted by Crippen LogP contribution is 2.43. The largest absolute Gasteiger partial charge is 0.297 e. The lowest BCUT2D eigenvalue weighted by molar-refractivity contribution is 0.457. The first-order chi connectivity index (χ1) is 12.5. The van der Waals surface area contributed by atoms with E-state index in [1.165, 1.54) is 26.0 Å². The molecular formula is C16H16O9S3. The second-order valence-corrected chi connectivity index (χ2v) is 10.2. The van der Waals surface area contributed by atoms with Crippen LogP contribution < -0.4 is 0 Å². The van der Waals surface area contributed by atoms with E-state index in [4.69, 9.17) is 0 Å². The van der Waals surface area contributed by atoms with Crippen molar-refractivity contribution in [1.82, 2.24) is 0 Å². The quantitative estimate of drug-likeness (QED) is 0.583. The van der Waals surface area contributed by atoms with E-state index in [9.17, 15) is 38.9 Å². The van der Waals surface area contributed by atoms with Crippen molar-refractivity contribution in [3.8, 4) is 0 Å². The maximum Gasteiger partial charge on any atom is 0.297 e. The molecule has 0 spiro atoms. The molecule has 0 amide bonds. The Morgan fingerprint density at radius 2 is 1.21 bits per heavy atom. The summed E-state index contributed by atoms with van der Waals surface area (Å²) in [4.78, 5) is -4.45. The molecule has 0 aliphatic heterocycles. The zero-order chi connectivity index (χ0) is 21.8. The molecule has 2 rings (SSSR count). The maximum atomic E-state index is 12.1. The standard InChI is InChI=1S/C16H16O9S3/c1-8(2)10-6-5-7-11-13(10)12(9(3)4)15(27(20,21)22)16(28(23,24)25)14(11)26(17,18)19/h5-7H,1,3H2,2,4H3,(H,17,18,19)(H,20,21,22)(H,23,24,25). The summed E-state index contributed by atoms with van der Waals surface area (Å²) >= 11 is 0. The van der Waals surface area contributed by atoms with Crippen molar-refractivity contribution in [2.75, 3.05) is 0 Å². The van der Waals surface area contributed by atoms with Crippen molar-refractivity contribution in [2.45, 2.75) is 28.5 Å². The maximum absolute atomic E-state index is 12.1. The van der Waals surface area contributed by atoms with E-state index >= 15 is 0 Å². The van der Waals surface area contributed by atoms with Crippen LogP contribution in [0.1, 0.15) is 25.0 Å². The van der Waals surface area contributed by atoms with Gasteiger partial charge in [-0.25, -0.2) is 0 Å². The van der Waals surface area contributed by atoms with Gasteiger partial charge in [-0.05, 0) is 30.4 Å². The minimum Gasteiger partial charge on any atom is -0.282 e. The molecular weight excluding hydrogens is 432 g/mol. The normalized spacial score (nSPS) is 12.9. The third kappa shape index (κ3) is 3.74. The van der Waals surface area contributed by atoms with Crippen molar-refractivity contribution < 1.29 is 38.9 Å². The molecule has 0 fully saturated rings. The van der Waals surface area contributed by atoms with Crippen LogP contribution in [0.4, 0.5) is 0 Å². The van der Waals surface area contributed by atoms with E-state index in [0.29, 0.717) is 5.57 Å². The molecule has 0 atom stereocenters. The van der Waals surface area contributed by atoms with Crippen LogP contribution in [0.3, 0.4) is 0 Å². The Hall–Kier alpha value is -2.09. The minimum atomic E-state index is -5.55. The molecule has 0 saturated heterocycles. The number of rotatable bonds is 5. The van der Waals surface area contributed by atoms with Gasteiger partial charge in [0.25, 0.3) is 30.4 Å². The number of allylic oxidation sites excluding steroid dienone is 2. The lowest BCUT2D eigenvalue weighted by atomic mass is 9.93. The van der Waals surface area contributed by atoms with E-state index in [1.807, 2.05) is 0 Å². The van der Waals surface area contributed by atoms with E-state index in [2.05, 4.69) is 13.2 Å². The summed E-state index contributed by atoms with van der Waals surface area (Å²) in [5.74, 6) is 0. The summed E-state index contributed by atoms with van der Waals surface area (Å²) in [5, 5.41) is -0.531. The van der Waals surface area contributed by atoms with Gasteiger partial charge < -0.3 is 0 Å². The summed E-state index contributed by atoms with van der Waals surface area (Å²) in [6.07, 6.45) is 0. The van der Waals surface area contributed by atoms with Crippen LogP contribution in [0.15, 0.2) is 46.0 Å². The molecule has 0 bridgehead atoms. The average molecular weight is 448 g/mol. The first kappa shape index (κ1) is 22.2. The van der Waals surface area contributed by atoms with Gasteiger partial charge in [0.05, 0.1) is 0 Å². The van der Waals surface area contributed by atoms with E-state index in [0.717, 1.165) is 6.07 Å². The monoisotopic (exact) mass is 448 g/mol. The highest BCUT2D eigenvalue weighted by molar-refractivity contribution is 7.90. The zero-order valence-corrected chi connectivity index (χ0v) is 17.1. The van der Waals surface area contributed by atoms with Gasteiger partial charge in [-0.15, -0.1) is 0 Å². The molecule has 152 valence electrons. The summed E-state index contributed by atoms with van der Waals surface area (Å²) in [6, 6.07) is 3.88. The molecule has 0 aliphatic carbocycles. The smallest absolute Gasteiger partial charge is 0.282 e. The van der Waals surface area contributed by atoms with Crippen LogP contribution in [0.2, 0.25) is 0 Å². The molecule has 2 aromatic rings. The van der Waals surface area contributed by atoms with Gasteiger partial charge in [-0.2, -0.15) is 25.3 Å². The van der Waals surface area contributed by atoms with Gasteiger partial charge in [-0.3, -0.25) is 13.7 Å². The fourth-order valence-corrected chi connectivity index (χ4v) is 6.63. The fourth-order valence-electron chi connectivity index (χ4n) is 2.96. The Morgan fingerprint density at radius 1 is 0.750 bits per heavy atom. The SMILES string of the molecule is C=C(C)c1cccc2c(S(=O)(=O)O)c(S(=O)(=O)O)c(S(=O)(=O)O)c(C(=C)C)c12. The predicted octanol–water partition coefficient (Wildman–Crippen LogP) is 2.65. The van der Waals surface area contributed by atoms with Crippen molar-refractivity contribution in [1.29, 1.82) is 0 Å². The van der Waals surface area contributed by atoms with Gasteiger partial charge >= 0.3 is 0 Å². The van der Waals surface area contributed by atoms with Gasteiger partial charge in [0.15, 0.2) is 0 Å². The van der Waals surface area contributed by atoms with Crippen LogP contribution in [-0.2, 0) is 30.4 Å². The zero-order valence-electron chi connectivity index (χ0n) is 14.7. The van der Waals surface area contributed by atoms with Gasteiger partial charge in [-0.1, -0.05) is 36.9 Å². The van der Waals surface area contributed by atoms with Crippen molar-refractivity contribution in [3.63, 3.8) is 0 Å². The van der Waals surface area contributed by atoms with Crippen LogP contribution >= 0.6 is 0 Å². The topological polar surface area (TPSA) is 163 Å². The average Bonchev–Trinajstić information content (AvgIpc) is 2.48. The summed E-state index contributed by atoms with van der Waals surface area (Å²) in [5.41, 5.74) is 0.0664. The third-order valence-corrected chi connectivity index (χ3v) is 6.91. The summed E-state index contributed by atoms with van der Waals surface area (Å²) in [6.45, 7) is 10.1. The van der Waals surface area contributed by atoms with Crippen molar-refractivity contribution in [3.05, 3.63) is 42.5 Å². The first-order valence-corrected chi connectivity index (χ1v) is 11.7. The van der Waals surface area contributed by atoms with Crippen molar-refractivity contribution in [2.24, 2.45) is 0 Å². The second kappa shape index (κ2) is 6.76. The molecule has 0 aliphatic rings. The first-order valence-electron chi connectivity index (χ1n) is 7.36. The highest BCUT2D eigenvalue weighted by Gasteiger charge is 2.38. The van der Waals surface area contributed by atoms with Crippen LogP contribution in [0.25, 0.3) is 21.9 Å². The van der Waals surface area contributed by atoms with Crippen molar-refractivity contribution >= 4 is 52.3 Å². The molecule has 3 N–H and O–H groups in total. The Kier molecular flexibility index (Phi) is 5.36. The summed E-state index contributed by atoms with van der Waals surface area (Å²) in [7, 11) is -16.4. The van der Waals surface area contributed by atoms with E-state index in [-0.39, 0.29) is 16.5 Å². The molecule has 0 heterocycles. The Bertz CT molecular complexity index is 1360. The second-order valence-electron chi connectivity index (χ2n) is 6.08. The molecule has 0 unspecified atom stereocenters. The molecule has 9 nitrogen and oxygen atoms in total. The minimum absolute atomic E-state index is 0.0573. The fraction of sp³-hybridized carbons (Fsp3) is 0.125. The molecule has 2 aromatic carbocycles. The molecule has 0 radical (unpaired) electrons. The molecule has 28 heavy (non-hydrogen) atoms. The number of hydrogen-bond acceptors (Lipinski definition) is 6. The van der Waals surface area contributed by atoms with Gasteiger partial charge in [0.1, 0.15) is 14.7 Å².